The van der Waals surface area contributed by atoms with Gasteiger partial charge in [0.1, 0.15) is 0 Å². The molecular formula is C27H59N5O2. The molecule has 0 radical (unpaired) electrons. The molecule has 0 aromatic heterocycles. The van der Waals surface area contributed by atoms with Crippen LogP contribution in [-0.4, -0.2) is 76.5 Å². The van der Waals surface area contributed by atoms with Gasteiger partial charge in [-0.2, -0.15) is 0 Å². The van der Waals surface area contributed by atoms with Gasteiger partial charge in [-0.3, -0.25) is 4.79 Å². The van der Waals surface area contributed by atoms with E-state index in [-0.39, 0.29) is 6.42 Å². The van der Waals surface area contributed by atoms with Crippen molar-refractivity contribution >= 4 is 5.97 Å². The second kappa shape index (κ2) is 30.3. The fraction of sp³-hybridized carbons (Fsp3) is 0.963. The monoisotopic (exact) mass is 485 g/mol. The van der Waals surface area contributed by atoms with E-state index in [1.54, 1.807) is 0 Å². The lowest BCUT2D eigenvalue weighted by Crippen LogP contribution is -2.21. The molecule has 0 aromatic rings. The van der Waals surface area contributed by atoms with E-state index in [9.17, 15) is 4.79 Å². The topological polar surface area (TPSA) is 97.5 Å². The van der Waals surface area contributed by atoms with Crippen LogP contribution in [0.15, 0.2) is 0 Å². The molecule has 0 bridgehead atoms. The quantitative estimate of drug-likeness (QED) is 0.0859. The van der Waals surface area contributed by atoms with Gasteiger partial charge in [0.05, 0.1) is 0 Å². The fourth-order valence-electron chi connectivity index (χ4n) is 3.84. The fourth-order valence-corrected chi connectivity index (χ4v) is 3.84. The first kappa shape index (κ1) is 33.3. The third kappa shape index (κ3) is 31.3. The number of carboxylic acids is 1. The van der Waals surface area contributed by atoms with Crippen LogP contribution in [0, 0.1) is 0 Å². The van der Waals surface area contributed by atoms with E-state index in [4.69, 9.17) is 5.11 Å². The zero-order valence-corrected chi connectivity index (χ0v) is 22.5. The highest BCUT2D eigenvalue weighted by molar-refractivity contribution is 5.66. The number of carbonyl (C=O) groups is 1. The predicted molar refractivity (Wildman–Crippen MR) is 147 cm³/mol. The van der Waals surface area contributed by atoms with E-state index in [1.807, 2.05) is 0 Å². The number of hydrogen-bond acceptors (Lipinski definition) is 6. The molecule has 0 atom stereocenters. The van der Waals surface area contributed by atoms with Crippen LogP contribution in [0.2, 0.25) is 0 Å². The highest BCUT2D eigenvalue weighted by atomic mass is 16.4. The van der Waals surface area contributed by atoms with Gasteiger partial charge in [0.2, 0.25) is 0 Å². The molecule has 0 fully saturated rings. The normalized spacial score (nSPS) is 11.3. The van der Waals surface area contributed by atoms with Gasteiger partial charge in [-0.05, 0) is 130 Å². The largest absolute Gasteiger partial charge is 0.481 e. The van der Waals surface area contributed by atoms with Crippen LogP contribution in [0.5, 0.6) is 0 Å². The maximum atomic E-state index is 10.4. The number of hydrogen-bond donors (Lipinski definition) is 6. The number of unbranched alkanes of at least 4 members (excludes halogenated alkanes) is 8. The number of nitrogens with one attached hydrogen (secondary N) is 5. The molecule has 204 valence electrons. The van der Waals surface area contributed by atoms with Crippen LogP contribution in [0.1, 0.15) is 103 Å². The molecule has 0 unspecified atom stereocenters. The van der Waals surface area contributed by atoms with Crippen LogP contribution in [0.4, 0.5) is 0 Å². The molecule has 0 spiro atoms. The second-order valence-corrected chi connectivity index (χ2v) is 9.49. The Morgan fingerprint density at radius 3 is 1.00 bits per heavy atom. The van der Waals surface area contributed by atoms with E-state index in [0.29, 0.717) is 0 Å². The van der Waals surface area contributed by atoms with Gasteiger partial charge in [0, 0.05) is 6.42 Å². The molecule has 0 aromatic carbocycles. The Hall–Kier alpha value is -0.730. The van der Waals surface area contributed by atoms with Gasteiger partial charge < -0.3 is 31.7 Å². The Morgan fingerprint density at radius 1 is 0.441 bits per heavy atom. The Balaban J connectivity index is 3.01. The summed E-state index contributed by atoms with van der Waals surface area (Å²) in [5.74, 6) is -0.704. The molecule has 7 nitrogen and oxygen atoms in total. The smallest absolute Gasteiger partial charge is 0.303 e. The highest BCUT2D eigenvalue weighted by Gasteiger charge is 1.96. The van der Waals surface area contributed by atoms with E-state index in [2.05, 4.69) is 33.5 Å². The summed E-state index contributed by atoms with van der Waals surface area (Å²) in [5.41, 5.74) is 0. The summed E-state index contributed by atoms with van der Waals surface area (Å²) in [6.45, 7) is 13.3. The zero-order valence-electron chi connectivity index (χ0n) is 22.5. The van der Waals surface area contributed by atoms with Gasteiger partial charge in [-0.1, -0.05) is 32.6 Å². The SMILES string of the molecule is CCCCCNCCCCNCCCCCNCCCCNCCCCCNCCCC(=O)O. The van der Waals surface area contributed by atoms with E-state index < -0.39 is 5.97 Å². The minimum atomic E-state index is -0.704. The first-order valence-electron chi connectivity index (χ1n) is 14.5. The van der Waals surface area contributed by atoms with Crippen molar-refractivity contribution in [1.82, 2.24) is 26.6 Å². The summed E-state index contributed by atoms with van der Waals surface area (Å²) < 4.78 is 0. The van der Waals surface area contributed by atoms with Crippen LogP contribution in [-0.2, 0) is 4.79 Å². The summed E-state index contributed by atoms with van der Waals surface area (Å²) in [7, 11) is 0. The summed E-state index contributed by atoms with van der Waals surface area (Å²) >= 11 is 0. The first-order chi connectivity index (χ1) is 16.8. The van der Waals surface area contributed by atoms with Crippen LogP contribution >= 0.6 is 0 Å². The lowest BCUT2D eigenvalue weighted by Gasteiger charge is -2.08. The van der Waals surface area contributed by atoms with Gasteiger partial charge >= 0.3 is 5.97 Å². The van der Waals surface area contributed by atoms with Crippen molar-refractivity contribution in [1.29, 1.82) is 0 Å². The predicted octanol–water partition coefficient (Wildman–Crippen LogP) is 3.89. The van der Waals surface area contributed by atoms with Crippen LogP contribution in [0.3, 0.4) is 0 Å². The van der Waals surface area contributed by atoms with E-state index >= 15 is 0 Å². The Kier molecular flexibility index (Phi) is 29.7. The molecule has 0 aliphatic carbocycles. The van der Waals surface area contributed by atoms with E-state index in [1.165, 1.54) is 103 Å². The highest BCUT2D eigenvalue weighted by Crippen LogP contribution is 1.96. The van der Waals surface area contributed by atoms with Crippen molar-refractivity contribution in [3.8, 4) is 0 Å². The number of aliphatic carboxylic acids is 1. The van der Waals surface area contributed by atoms with Crippen molar-refractivity contribution in [2.24, 2.45) is 0 Å². The standard InChI is InChI=1S/C27H59N5O2/c1-2-3-6-17-28-22-11-12-23-29-18-7-4-8-19-30-24-13-14-25-31-20-9-5-10-21-32-26-15-16-27(33)34/h28-32H,2-26H2,1H3,(H,33,34). The maximum absolute atomic E-state index is 10.4. The third-order valence-corrected chi connectivity index (χ3v) is 6.03. The summed E-state index contributed by atoms with van der Waals surface area (Å²) in [5, 5.41) is 26.1. The molecule has 34 heavy (non-hydrogen) atoms. The van der Waals surface area contributed by atoms with Crippen molar-refractivity contribution in [2.75, 3.05) is 65.4 Å². The third-order valence-electron chi connectivity index (χ3n) is 6.03. The molecule has 0 aliphatic heterocycles. The lowest BCUT2D eigenvalue weighted by atomic mass is 10.2. The maximum Gasteiger partial charge on any atom is 0.303 e. The molecule has 0 amide bonds. The van der Waals surface area contributed by atoms with Gasteiger partial charge in [0.25, 0.3) is 0 Å². The molecule has 0 saturated carbocycles. The Bertz CT molecular complexity index is 399. The molecule has 7 heteroatoms. The van der Waals surface area contributed by atoms with Crippen molar-refractivity contribution in [3.63, 3.8) is 0 Å². The Morgan fingerprint density at radius 2 is 0.706 bits per heavy atom. The van der Waals surface area contributed by atoms with Crippen molar-refractivity contribution in [3.05, 3.63) is 0 Å². The van der Waals surface area contributed by atoms with Crippen molar-refractivity contribution in [2.45, 2.75) is 103 Å². The average Bonchev–Trinajstić information content (AvgIpc) is 2.83. The molecule has 0 aliphatic rings. The first-order valence-corrected chi connectivity index (χ1v) is 14.5. The average molecular weight is 486 g/mol. The van der Waals surface area contributed by atoms with Gasteiger partial charge in [-0.25, -0.2) is 0 Å². The molecule has 0 rings (SSSR count). The van der Waals surface area contributed by atoms with Crippen LogP contribution < -0.4 is 26.6 Å². The lowest BCUT2D eigenvalue weighted by molar-refractivity contribution is -0.137. The summed E-state index contributed by atoms with van der Waals surface area (Å²) in [6, 6.07) is 0. The molecular weight excluding hydrogens is 426 g/mol. The summed E-state index contributed by atoms with van der Waals surface area (Å²) in [6.07, 6.45) is 17.6. The van der Waals surface area contributed by atoms with Gasteiger partial charge in [0.15, 0.2) is 0 Å². The number of carboxylic acid groups (broad SMARTS) is 1. The Labute approximate surface area is 211 Å². The van der Waals surface area contributed by atoms with E-state index in [0.717, 1.165) is 52.2 Å². The van der Waals surface area contributed by atoms with Crippen LogP contribution in [0.25, 0.3) is 0 Å². The minimum absolute atomic E-state index is 0.266. The molecule has 0 heterocycles. The zero-order chi connectivity index (χ0) is 24.8. The van der Waals surface area contributed by atoms with Crippen molar-refractivity contribution < 1.29 is 9.90 Å². The van der Waals surface area contributed by atoms with Gasteiger partial charge in [-0.15, -0.1) is 0 Å². The molecule has 6 N–H and O–H groups in total. The number of rotatable bonds is 30. The minimum Gasteiger partial charge on any atom is -0.481 e. The summed E-state index contributed by atoms with van der Waals surface area (Å²) in [4.78, 5) is 10.4. The second-order valence-electron chi connectivity index (χ2n) is 9.49. The molecule has 0 saturated heterocycles.